The van der Waals surface area contributed by atoms with Gasteiger partial charge >= 0.3 is 11.9 Å². The minimum atomic E-state index is -4.40. The molecule has 2 rings (SSSR count). The number of benzene rings is 1. The zero-order valence-corrected chi connectivity index (χ0v) is 11.5. The number of rotatable bonds is 3. The molecule has 0 spiro atoms. The zero-order valence-electron chi connectivity index (χ0n) is 11.5. The first-order chi connectivity index (χ1) is 10.2. The van der Waals surface area contributed by atoms with Crippen LogP contribution in [0.25, 0.3) is 0 Å². The molecule has 0 radical (unpaired) electrons. The summed E-state index contributed by atoms with van der Waals surface area (Å²) in [7, 11) is 1.39. The fraction of sp³-hybridized carbons (Fsp3) is 0.231. The Morgan fingerprint density at radius 1 is 1.23 bits per heavy atom. The van der Waals surface area contributed by atoms with Crippen molar-refractivity contribution in [3.05, 3.63) is 56.2 Å². The van der Waals surface area contributed by atoms with E-state index >= 15 is 0 Å². The molecule has 2 aromatic rings. The number of halogens is 3. The third-order valence-corrected chi connectivity index (χ3v) is 3.12. The summed E-state index contributed by atoms with van der Waals surface area (Å²) in [6, 6.07) is 4.49. The van der Waals surface area contributed by atoms with Crippen LogP contribution in [0.4, 0.5) is 24.7 Å². The summed E-state index contributed by atoms with van der Waals surface area (Å²) < 4.78 is 38.4. The van der Waals surface area contributed by atoms with Crippen LogP contribution in [0, 0.1) is 0 Å². The van der Waals surface area contributed by atoms with Crippen molar-refractivity contribution in [1.29, 1.82) is 0 Å². The summed E-state index contributed by atoms with van der Waals surface area (Å²) >= 11 is 0. The van der Waals surface area contributed by atoms with Crippen LogP contribution < -0.4 is 22.3 Å². The lowest BCUT2D eigenvalue weighted by atomic mass is 10.1. The highest BCUT2D eigenvalue weighted by molar-refractivity contribution is 5.60. The van der Waals surface area contributed by atoms with Crippen LogP contribution in [0.3, 0.4) is 0 Å². The number of nitrogens with one attached hydrogen (secondary N) is 2. The second kappa shape index (κ2) is 5.58. The first-order valence-electron chi connectivity index (χ1n) is 6.19. The lowest BCUT2D eigenvalue weighted by Crippen LogP contribution is -2.32. The number of alkyl halides is 3. The fourth-order valence-corrected chi connectivity index (χ4v) is 1.81. The number of hydrogen-bond donors (Lipinski definition) is 3. The zero-order chi connectivity index (χ0) is 16.5. The third kappa shape index (κ3) is 3.13. The van der Waals surface area contributed by atoms with Gasteiger partial charge in [-0.25, -0.2) is 4.79 Å². The van der Waals surface area contributed by atoms with E-state index in [9.17, 15) is 22.8 Å². The van der Waals surface area contributed by atoms with Crippen LogP contribution in [0.1, 0.15) is 11.1 Å². The third-order valence-electron chi connectivity index (χ3n) is 3.12. The Bertz CT molecular complexity index is 791. The molecule has 22 heavy (non-hydrogen) atoms. The molecule has 6 nitrogen and oxygen atoms in total. The van der Waals surface area contributed by atoms with Crippen LogP contribution in [0.2, 0.25) is 0 Å². The summed E-state index contributed by atoms with van der Waals surface area (Å²) in [6.45, 7) is 0.0869. The highest BCUT2D eigenvalue weighted by Gasteiger charge is 2.29. The van der Waals surface area contributed by atoms with Gasteiger partial charge in [0.2, 0.25) is 0 Å². The van der Waals surface area contributed by atoms with E-state index in [1.165, 1.54) is 19.2 Å². The number of aromatic nitrogens is 2. The molecule has 118 valence electrons. The van der Waals surface area contributed by atoms with Crippen molar-refractivity contribution < 1.29 is 13.2 Å². The van der Waals surface area contributed by atoms with Gasteiger partial charge in [0.05, 0.1) is 5.56 Å². The molecule has 0 aliphatic heterocycles. The quantitative estimate of drug-likeness (QED) is 0.796. The topological polar surface area (TPSA) is 92.9 Å². The maximum absolute atomic E-state index is 12.4. The first kappa shape index (κ1) is 15.7. The number of H-pyrrole nitrogens is 1. The van der Waals surface area contributed by atoms with Gasteiger partial charge in [0.1, 0.15) is 11.5 Å². The Labute approximate surface area is 122 Å². The largest absolute Gasteiger partial charge is 0.416 e. The van der Waals surface area contributed by atoms with E-state index in [1.54, 1.807) is 0 Å². The molecule has 1 aromatic heterocycles. The van der Waals surface area contributed by atoms with Crippen molar-refractivity contribution >= 4 is 11.5 Å². The molecular weight excluding hydrogens is 301 g/mol. The van der Waals surface area contributed by atoms with E-state index in [-0.39, 0.29) is 18.1 Å². The number of hydrogen-bond acceptors (Lipinski definition) is 4. The lowest BCUT2D eigenvalue weighted by Gasteiger charge is -2.11. The normalized spacial score (nSPS) is 11.5. The Balaban J connectivity index is 2.19. The molecule has 0 unspecified atom stereocenters. The predicted molar refractivity (Wildman–Crippen MR) is 75.5 cm³/mol. The average molecular weight is 314 g/mol. The molecule has 1 heterocycles. The summed E-state index contributed by atoms with van der Waals surface area (Å²) in [5, 5.41) is 2.71. The highest BCUT2D eigenvalue weighted by atomic mass is 19.4. The van der Waals surface area contributed by atoms with Crippen molar-refractivity contribution in [2.75, 3.05) is 11.1 Å². The predicted octanol–water partition coefficient (Wildman–Crippen LogP) is 1.29. The smallest absolute Gasteiger partial charge is 0.383 e. The lowest BCUT2D eigenvalue weighted by molar-refractivity contribution is -0.137. The molecule has 0 saturated heterocycles. The Morgan fingerprint density at radius 3 is 2.36 bits per heavy atom. The van der Waals surface area contributed by atoms with Crippen LogP contribution in [-0.4, -0.2) is 9.55 Å². The van der Waals surface area contributed by atoms with Gasteiger partial charge in [0.15, 0.2) is 0 Å². The van der Waals surface area contributed by atoms with Gasteiger partial charge in [0.25, 0.3) is 5.56 Å². The van der Waals surface area contributed by atoms with Gasteiger partial charge in [-0.3, -0.25) is 14.3 Å². The number of nitrogens with two attached hydrogens (primary N) is 1. The average Bonchev–Trinajstić information content (AvgIpc) is 2.44. The van der Waals surface area contributed by atoms with E-state index in [2.05, 4.69) is 10.3 Å². The van der Waals surface area contributed by atoms with Gasteiger partial charge in [0, 0.05) is 13.6 Å². The molecule has 0 saturated carbocycles. The van der Waals surface area contributed by atoms with Gasteiger partial charge in [-0.05, 0) is 17.7 Å². The number of nitrogens with zero attached hydrogens (tertiary/aromatic N) is 1. The minimum absolute atomic E-state index is 0.0120. The molecule has 4 N–H and O–H groups in total. The number of aromatic amines is 1. The molecule has 1 aromatic carbocycles. The number of anilines is 2. The Morgan fingerprint density at radius 2 is 1.82 bits per heavy atom. The molecule has 0 aliphatic carbocycles. The second-order valence-electron chi connectivity index (χ2n) is 4.63. The van der Waals surface area contributed by atoms with Crippen LogP contribution in [0.15, 0.2) is 33.9 Å². The first-order valence-corrected chi connectivity index (χ1v) is 6.19. The molecule has 0 atom stereocenters. The van der Waals surface area contributed by atoms with Crippen molar-refractivity contribution in [1.82, 2.24) is 9.55 Å². The van der Waals surface area contributed by atoms with Gasteiger partial charge in [-0.15, -0.1) is 0 Å². The van der Waals surface area contributed by atoms with E-state index < -0.39 is 23.0 Å². The summed E-state index contributed by atoms with van der Waals surface area (Å²) in [6.07, 6.45) is -4.40. The van der Waals surface area contributed by atoms with E-state index in [4.69, 9.17) is 5.73 Å². The van der Waals surface area contributed by atoms with Crippen molar-refractivity contribution in [3.63, 3.8) is 0 Å². The summed E-state index contributed by atoms with van der Waals surface area (Å²) in [5.41, 5.74) is 4.09. The molecule has 0 bridgehead atoms. The SMILES string of the molecule is Cn1c(N)c(NCc2ccc(C(F)(F)F)cc2)c(=O)[nH]c1=O. The van der Waals surface area contributed by atoms with Crippen molar-refractivity contribution in [2.45, 2.75) is 12.7 Å². The Kier molecular flexibility index (Phi) is 3.98. The molecule has 9 heteroatoms. The highest BCUT2D eigenvalue weighted by Crippen LogP contribution is 2.29. The fourth-order valence-electron chi connectivity index (χ4n) is 1.81. The van der Waals surface area contributed by atoms with Crippen LogP contribution in [0.5, 0.6) is 0 Å². The van der Waals surface area contributed by atoms with Gasteiger partial charge in [-0.2, -0.15) is 13.2 Å². The van der Waals surface area contributed by atoms with E-state index in [0.717, 1.165) is 16.7 Å². The monoisotopic (exact) mass is 314 g/mol. The standard InChI is InChI=1S/C13H13F3N4O2/c1-20-10(17)9(11(21)19-12(20)22)18-6-7-2-4-8(5-3-7)13(14,15)16/h2-5,18H,6,17H2,1H3,(H,19,21,22). The van der Waals surface area contributed by atoms with Crippen LogP contribution in [-0.2, 0) is 19.8 Å². The minimum Gasteiger partial charge on any atom is -0.383 e. The van der Waals surface area contributed by atoms with Crippen LogP contribution >= 0.6 is 0 Å². The van der Waals surface area contributed by atoms with E-state index in [1.807, 2.05) is 0 Å². The number of nitrogen functional groups attached to an aromatic ring is 1. The molecular formula is C13H13F3N4O2. The van der Waals surface area contributed by atoms with Crippen molar-refractivity contribution in [2.24, 2.45) is 7.05 Å². The summed E-state index contributed by atoms with van der Waals surface area (Å²) in [4.78, 5) is 25.0. The molecule has 0 fully saturated rings. The van der Waals surface area contributed by atoms with Crippen molar-refractivity contribution in [3.8, 4) is 0 Å². The summed E-state index contributed by atoms with van der Waals surface area (Å²) in [5.74, 6) is -0.0549. The maximum atomic E-state index is 12.4. The molecule has 0 amide bonds. The second-order valence-corrected chi connectivity index (χ2v) is 4.63. The van der Waals surface area contributed by atoms with Gasteiger partial charge < -0.3 is 11.1 Å². The Hall–Kier alpha value is -2.71. The molecule has 0 aliphatic rings. The van der Waals surface area contributed by atoms with Gasteiger partial charge in [-0.1, -0.05) is 12.1 Å². The van der Waals surface area contributed by atoms with E-state index in [0.29, 0.717) is 5.56 Å². The maximum Gasteiger partial charge on any atom is 0.416 e.